The van der Waals surface area contributed by atoms with Gasteiger partial charge in [-0.25, -0.2) is 0 Å². The van der Waals surface area contributed by atoms with Crippen LogP contribution in [-0.2, 0) is 6.42 Å². The minimum Gasteiger partial charge on any atom is -0.507 e. The molecule has 7 heteroatoms. The highest BCUT2D eigenvalue weighted by Crippen LogP contribution is 2.37. The van der Waals surface area contributed by atoms with E-state index in [9.17, 15) is 10.2 Å². The summed E-state index contributed by atoms with van der Waals surface area (Å²) in [5.74, 6) is 0.711. The number of phenols is 1. The molecular formula is C21H20N4O3. The van der Waals surface area contributed by atoms with Gasteiger partial charge in [-0.1, -0.05) is 23.4 Å². The van der Waals surface area contributed by atoms with Gasteiger partial charge in [0.25, 0.3) is 5.89 Å². The lowest BCUT2D eigenvalue weighted by Crippen LogP contribution is -2.32. The van der Waals surface area contributed by atoms with Gasteiger partial charge in [-0.15, -0.1) is 0 Å². The van der Waals surface area contributed by atoms with Crippen molar-refractivity contribution >= 4 is 0 Å². The number of rotatable bonds is 5. The summed E-state index contributed by atoms with van der Waals surface area (Å²) < 4.78 is 5.41. The van der Waals surface area contributed by atoms with E-state index >= 15 is 0 Å². The van der Waals surface area contributed by atoms with Crippen LogP contribution in [-0.4, -0.2) is 33.0 Å². The second kappa shape index (κ2) is 7.43. The third-order valence-corrected chi connectivity index (χ3v) is 5.06. The predicted octanol–water partition coefficient (Wildman–Crippen LogP) is 2.94. The van der Waals surface area contributed by atoms with E-state index in [1.807, 2.05) is 25.1 Å². The Morgan fingerprint density at radius 1 is 1.36 bits per heavy atom. The largest absolute Gasteiger partial charge is 0.507 e. The first-order valence-electron chi connectivity index (χ1n) is 9.17. The van der Waals surface area contributed by atoms with E-state index in [4.69, 9.17) is 9.78 Å². The van der Waals surface area contributed by atoms with Gasteiger partial charge < -0.3 is 20.1 Å². The zero-order valence-electron chi connectivity index (χ0n) is 15.4. The Hall–Kier alpha value is -3.21. The van der Waals surface area contributed by atoms with Crippen molar-refractivity contribution < 1.29 is 14.7 Å². The predicted molar refractivity (Wildman–Crippen MR) is 102 cm³/mol. The monoisotopic (exact) mass is 376 g/mol. The van der Waals surface area contributed by atoms with Crippen molar-refractivity contribution in [3.8, 4) is 34.7 Å². The van der Waals surface area contributed by atoms with Crippen LogP contribution < -0.4 is 5.32 Å². The van der Waals surface area contributed by atoms with Gasteiger partial charge in [0, 0.05) is 23.2 Å². The molecule has 3 N–H and O–H groups in total. The molecule has 1 aliphatic rings. The lowest BCUT2D eigenvalue weighted by Gasteiger charge is -2.18. The third-order valence-electron chi connectivity index (χ3n) is 5.06. The first-order chi connectivity index (χ1) is 13.6. The van der Waals surface area contributed by atoms with E-state index in [0.29, 0.717) is 17.3 Å². The van der Waals surface area contributed by atoms with E-state index in [0.717, 1.165) is 18.4 Å². The summed E-state index contributed by atoms with van der Waals surface area (Å²) in [4.78, 5) is 4.51. The fourth-order valence-electron chi connectivity index (χ4n) is 3.64. The molecular weight excluding hydrogens is 356 g/mol. The van der Waals surface area contributed by atoms with E-state index in [2.05, 4.69) is 21.5 Å². The fourth-order valence-corrected chi connectivity index (χ4v) is 3.64. The molecule has 28 heavy (non-hydrogen) atoms. The Morgan fingerprint density at radius 2 is 2.21 bits per heavy atom. The average Bonchev–Trinajstić information content (AvgIpc) is 3.36. The minimum absolute atomic E-state index is 0.0280. The van der Waals surface area contributed by atoms with Crippen molar-refractivity contribution in [3.05, 3.63) is 53.1 Å². The molecule has 2 aromatic carbocycles. The molecule has 3 aromatic rings. The van der Waals surface area contributed by atoms with Crippen LogP contribution in [0.25, 0.3) is 22.8 Å². The maximum absolute atomic E-state index is 9.67. The number of fused-ring (bicyclic) bond motifs is 1. The highest BCUT2D eigenvalue weighted by atomic mass is 16.5. The molecule has 0 unspecified atom stereocenters. The van der Waals surface area contributed by atoms with E-state index < -0.39 is 0 Å². The Balaban J connectivity index is 1.66. The number of phenolic OH excluding ortho intramolecular Hbond substituents is 1. The molecule has 2 atom stereocenters. The van der Waals surface area contributed by atoms with E-state index in [1.54, 1.807) is 6.07 Å². The van der Waals surface area contributed by atoms with Crippen molar-refractivity contribution in [1.29, 1.82) is 5.26 Å². The minimum atomic E-state index is -0.0810. The normalized spacial score (nSPS) is 16.5. The summed E-state index contributed by atoms with van der Waals surface area (Å²) in [5.41, 5.74) is 4.04. The summed E-state index contributed by atoms with van der Waals surface area (Å²) in [5, 5.41) is 35.6. The Labute approximate surface area is 162 Å². The molecule has 0 fully saturated rings. The van der Waals surface area contributed by atoms with Crippen LogP contribution in [0.2, 0.25) is 0 Å². The van der Waals surface area contributed by atoms with Crippen molar-refractivity contribution in [2.75, 3.05) is 6.61 Å². The molecule has 4 rings (SSSR count). The SMILES string of the molecule is C[C@@H](CO)N[C@H]1CCc2c(-c3noc(-c4ccc(O)c(C#N)c4)n3)cccc21. The van der Waals surface area contributed by atoms with Gasteiger partial charge in [0.15, 0.2) is 0 Å². The van der Waals surface area contributed by atoms with Gasteiger partial charge in [0.1, 0.15) is 11.8 Å². The smallest absolute Gasteiger partial charge is 0.258 e. The van der Waals surface area contributed by atoms with Gasteiger partial charge in [0.05, 0.1) is 12.2 Å². The average molecular weight is 376 g/mol. The van der Waals surface area contributed by atoms with Gasteiger partial charge in [-0.05, 0) is 49.1 Å². The maximum atomic E-state index is 9.67. The number of aliphatic hydroxyl groups is 1. The van der Waals surface area contributed by atoms with Gasteiger partial charge in [0.2, 0.25) is 5.82 Å². The molecule has 142 valence electrons. The van der Waals surface area contributed by atoms with Crippen LogP contribution in [0.4, 0.5) is 0 Å². The van der Waals surface area contributed by atoms with Crippen molar-refractivity contribution in [2.24, 2.45) is 0 Å². The lowest BCUT2D eigenvalue weighted by molar-refractivity contribution is 0.240. The molecule has 1 aromatic heterocycles. The molecule has 0 saturated carbocycles. The van der Waals surface area contributed by atoms with Crippen LogP contribution in [0.3, 0.4) is 0 Å². The quantitative estimate of drug-likeness (QED) is 0.627. The number of hydrogen-bond acceptors (Lipinski definition) is 7. The van der Waals surface area contributed by atoms with Gasteiger partial charge in [-0.2, -0.15) is 10.2 Å². The Bertz CT molecular complexity index is 1050. The molecule has 0 amide bonds. The summed E-state index contributed by atoms with van der Waals surface area (Å²) in [6, 6.07) is 12.8. The standard InChI is InChI=1S/C21H20N4O3/c1-12(11-26)23-18-7-6-15-16(18)3-2-4-17(15)20-24-21(28-25-20)13-5-8-19(27)14(9-13)10-22/h2-5,8-9,12,18,23,26-27H,6-7,11H2,1H3/t12-,18-/m0/s1. The van der Waals surface area contributed by atoms with Crippen LogP contribution in [0.15, 0.2) is 40.9 Å². The summed E-state index contributed by atoms with van der Waals surface area (Å²) in [6.07, 6.45) is 1.84. The number of hydrogen-bond donors (Lipinski definition) is 3. The molecule has 1 heterocycles. The van der Waals surface area contributed by atoms with Crippen LogP contribution in [0.1, 0.15) is 36.1 Å². The van der Waals surface area contributed by atoms with Crippen molar-refractivity contribution in [1.82, 2.24) is 15.5 Å². The highest BCUT2D eigenvalue weighted by molar-refractivity contribution is 5.67. The molecule has 0 spiro atoms. The number of aromatic nitrogens is 2. The lowest BCUT2D eigenvalue weighted by atomic mass is 10.0. The highest BCUT2D eigenvalue weighted by Gasteiger charge is 2.27. The summed E-state index contributed by atoms with van der Waals surface area (Å²) in [7, 11) is 0. The molecule has 1 aliphatic carbocycles. The first-order valence-corrected chi connectivity index (χ1v) is 9.17. The number of aromatic hydroxyl groups is 1. The number of nitriles is 1. The number of nitrogens with zero attached hydrogens (tertiary/aromatic N) is 3. The van der Waals surface area contributed by atoms with E-state index in [1.165, 1.54) is 23.3 Å². The Kier molecular flexibility index (Phi) is 4.82. The number of aliphatic hydroxyl groups excluding tert-OH is 1. The van der Waals surface area contributed by atoms with Crippen LogP contribution >= 0.6 is 0 Å². The number of nitrogens with one attached hydrogen (secondary N) is 1. The molecule has 0 aliphatic heterocycles. The molecule has 7 nitrogen and oxygen atoms in total. The van der Waals surface area contributed by atoms with Gasteiger partial charge in [-0.3, -0.25) is 0 Å². The van der Waals surface area contributed by atoms with Crippen LogP contribution in [0.5, 0.6) is 5.75 Å². The van der Waals surface area contributed by atoms with Crippen molar-refractivity contribution in [3.63, 3.8) is 0 Å². The van der Waals surface area contributed by atoms with Gasteiger partial charge >= 0.3 is 0 Å². The topological polar surface area (TPSA) is 115 Å². The van der Waals surface area contributed by atoms with Crippen molar-refractivity contribution in [2.45, 2.75) is 31.8 Å². The summed E-state index contributed by atoms with van der Waals surface area (Å²) in [6.45, 7) is 2.05. The molecule has 0 radical (unpaired) electrons. The van der Waals surface area contributed by atoms with Crippen LogP contribution in [0, 0.1) is 11.3 Å². The first kappa shape index (κ1) is 18.2. The Morgan fingerprint density at radius 3 is 3.00 bits per heavy atom. The second-order valence-electron chi connectivity index (χ2n) is 6.98. The molecule has 0 bridgehead atoms. The third kappa shape index (κ3) is 3.24. The van der Waals surface area contributed by atoms with E-state index in [-0.39, 0.29) is 30.0 Å². The molecule has 0 saturated heterocycles. The number of benzene rings is 2. The summed E-state index contributed by atoms with van der Waals surface area (Å²) >= 11 is 0. The second-order valence-corrected chi connectivity index (χ2v) is 6.98. The fraction of sp³-hybridized carbons (Fsp3) is 0.286. The maximum Gasteiger partial charge on any atom is 0.258 e. The zero-order valence-corrected chi connectivity index (χ0v) is 15.4. The zero-order chi connectivity index (χ0) is 19.7.